The Kier molecular flexibility index (Phi) is 3.48. The minimum absolute atomic E-state index is 0.166. The first-order valence-electron chi connectivity index (χ1n) is 7.95. The molecule has 0 unspecified atom stereocenters. The van der Waals surface area contributed by atoms with Gasteiger partial charge in [0, 0.05) is 40.6 Å². The van der Waals surface area contributed by atoms with E-state index in [0.717, 1.165) is 18.7 Å². The number of carbonyl (C=O) groups is 1. The van der Waals surface area contributed by atoms with Gasteiger partial charge in [-0.1, -0.05) is 0 Å². The average Bonchev–Trinajstić information content (AvgIpc) is 3.42. The van der Waals surface area contributed by atoms with Gasteiger partial charge in [0.05, 0.1) is 0 Å². The number of hydrogen-bond donors (Lipinski definition) is 1. The molecule has 22 heavy (non-hydrogen) atoms. The summed E-state index contributed by atoms with van der Waals surface area (Å²) in [5.74, 6) is 1.78. The topological polar surface area (TPSA) is 59.8 Å². The van der Waals surface area contributed by atoms with E-state index in [1.807, 2.05) is 17.7 Å². The predicted octanol–water partition coefficient (Wildman–Crippen LogP) is 2.45. The van der Waals surface area contributed by atoms with Gasteiger partial charge in [0.25, 0.3) is 0 Å². The first kappa shape index (κ1) is 13.9. The minimum atomic E-state index is 0.166. The van der Waals surface area contributed by atoms with Gasteiger partial charge in [-0.2, -0.15) is 0 Å². The van der Waals surface area contributed by atoms with Gasteiger partial charge < -0.3 is 9.88 Å². The zero-order chi connectivity index (χ0) is 15.1. The maximum absolute atomic E-state index is 12.2. The second-order valence-corrected chi connectivity index (χ2v) is 7.64. The van der Waals surface area contributed by atoms with Gasteiger partial charge in [-0.25, -0.2) is 0 Å². The number of aromatic nitrogens is 3. The summed E-state index contributed by atoms with van der Waals surface area (Å²) in [6, 6.07) is 4.89. The SMILES string of the molecule is Cc1ccc([C@H]2C[C@@H]2C(=O)NCCc2nncn2C2CC2)s1. The largest absolute Gasteiger partial charge is 0.355 e. The van der Waals surface area contributed by atoms with Gasteiger partial charge in [-0.3, -0.25) is 4.79 Å². The average molecular weight is 316 g/mol. The first-order valence-corrected chi connectivity index (χ1v) is 8.76. The van der Waals surface area contributed by atoms with Gasteiger partial charge in [-0.05, 0) is 38.3 Å². The highest BCUT2D eigenvalue weighted by molar-refractivity contribution is 7.12. The molecule has 2 heterocycles. The van der Waals surface area contributed by atoms with Crippen LogP contribution < -0.4 is 5.32 Å². The maximum atomic E-state index is 12.2. The van der Waals surface area contributed by atoms with Crippen molar-refractivity contribution in [3.63, 3.8) is 0 Å². The van der Waals surface area contributed by atoms with Crippen molar-refractivity contribution in [2.24, 2.45) is 5.92 Å². The Morgan fingerprint density at radius 2 is 2.32 bits per heavy atom. The van der Waals surface area contributed by atoms with Crippen molar-refractivity contribution in [1.82, 2.24) is 20.1 Å². The predicted molar refractivity (Wildman–Crippen MR) is 84.9 cm³/mol. The number of hydrogen-bond acceptors (Lipinski definition) is 4. The van der Waals surface area contributed by atoms with Crippen molar-refractivity contribution in [2.75, 3.05) is 6.54 Å². The van der Waals surface area contributed by atoms with Crippen molar-refractivity contribution >= 4 is 17.2 Å². The van der Waals surface area contributed by atoms with Crippen molar-refractivity contribution in [3.8, 4) is 0 Å². The van der Waals surface area contributed by atoms with E-state index in [-0.39, 0.29) is 11.8 Å². The number of aryl methyl sites for hydroxylation is 1. The van der Waals surface area contributed by atoms with E-state index in [2.05, 4.69) is 39.1 Å². The molecule has 2 saturated carbocycles. The molecule has 116 valence electrons. The Balaban J connectivity index is 1.26. The van der Waals surface area contributed by atoms with E-state index in [1.54, 1.807) is 0 Å². The summed E-state index contributed by atoms with van der Waals surface area (Å²) in [6.07, 6.45) is 6.01. The van der Waals surface area contributed by atoms with Crippen molar-refractivity contribution < 1.29 is 4.79 Å². The quantitative estimate of drug-likeness (QED) is 0.890. The summed E-state index contributed by atoms with van der Waals surface area (Å²) in [6.45, 7) is 2.76. The second kappa shape index (κ2) is 5.50. The molecule has 6 heteroatoms. The zero-order valence-corrected chi connectivity index (χ0v) is 13.5. The maximum Gasteiger partial charge on any atom is 0.223 e. The molecular weight excluding hydrogens is 296 g/mol. The van der Waals surface area contributed by atoms with E-state index in [1.165, 1.54) is 22.6 Å². The normalized spacial score (nSPS) is 23.5. The van der Waals surface area contributed by atoms with Crippen LogP contribution in [0.3, 0.4) is 0 Å². The number of thiophene rings is 1. The molecule has 4 rings (SSSR count). The molecule has 0 aliphatic heterocycles. The van der Waals surface area contributed by atoms with E-state index in [4.69, 9.17) is 0 Å². The van der Waals surface area contributed by atoms with E-state index < -0.39 is 0 Å². The molecule has 5 nitrogen and oxygen atoms in total. The molecule has 2 aromatic heterocycles. The molecule has 2 aromatic rings. The highest BCUT2D eigenvalue weighted by atomic mass is 32.1. The van der Waals surface area contributed by atoms with Gasteiger partial charge >= 0.3 is 0 Å². The van der Waals surface area contributed by atoms with Crippen LogP contribution in [-0.4, -0.2) is 27.2 Å². The van der Waals surface area contributed by atoms with Gasteiger partial charge in [0.2, 0.25) is 5.91 Å². The van der Waals surface area contributed by atoms with Crippen molar-refractivity contribution in [2.45, 2.75) is 44.6 Å². The number of carbonyl (C=O) groups excluding carboxylic acids is 1. The molecule has 2 fully saturated rings. The third kappa shape index (κ3) is 2.79. The summed E-state index contributed by atoms with van der Waals surface area (Å²) in [5.41, 5.74) is 0. The molecule has 2 aliphatic rings. The zero-order valence-electron chi connectivity index (χ0n) is 12.7. The molecule has 0 bridgehead atoms. The smallest absolute Gasteiger partial charge is 0.223 e. The van der Waals surface area contributed by atoms with Crippen molar-refractivity contribution in [3.05, 3.63) is 34.0 Å². The summed E-state index contributed by atoms with van der Waals surface area (Å²) < 4.78 is 2.15. The third-order valence-electron chi connectivity index (χ3n) is 4.49. The van der Waals surface area contributed by atoms with Crippen LogP contribution in [0.2, 0.25) is 0 Å². The Bertz CT molecular complexity index is 688. The van der Waals surface area contributed by atoms with Crippen LogP contribution >= 0.6 is 11.3 Å². The second-order valence-electron chi connectivity index (χ2n) is 6.32. The fraction of sp³-hybridized carbons (Fsp3) is 0.562. The monoisotopic (exact) mass is 316 g/mol. The first-order chi connectivity index (χ1) is 10.7. The Labute approximate surface area is 133 Å². The lowest BCUT2D eigenvalue weighted by Crippen LogP contribution is -2.28. The number of amides is 1. The Morgan fingerprint density at radius 1 is 1.45 bits per heavy atom. The lowest BCUT2D eigenvalue weighted by atomic mass is 10.2. The van der Waals surface area contributed by atoms with E-state index >= 15 is 0 Å². The van der Waals surface area contributed by atoms with Crippen LogP contribution in [0.1, 0.15) is 46.8 Å². The third-order valence-corrected chi connectivity index (χ3v) is 5.62. The lowest BCUT2D eigenvalue weighted by molar-refractivity contribution is -0.122. The van der Waals surface area contributed by atoms with Gasteiger partial charge in [-0.15, -0.1) is 21.5 Å². The van der Waals surface area contributed by atoms with Crippen molar-refractivity contribution in [1.29, 1.82) is 0 Å². The molecule has 0 radical (unpaired) electrons. The molecular formula is C16H20N4OS. The van der Waals surface area contributed by atoms with Crippen LogP contribution in [0.25, 0.3) is 0 Å². The van der Waals surface area contributed by atoms with E-state index in [0.29, 0.717) is 18.5 Å². The van der Waals surface area contributed by atoms with Gasteiger partial charge in [0.15, 0.2) is 0 Å². The summed E-state index contributed by atoms with van der Waals surface area (Å²) in [5, 5.41) is 11.2. The highest BCUT2D eigenvalue weighted by Gasteiger charge is 2.44. The molecule has 2 atom stereocenters. The van der Waals surface area contributed by atoms with Gasteiger partial charge in [0.1, 0.15) is 12.2 Å². The van der Waals surface area contributed by atoms with Crippen LogP contribution in [0.15, 0.2) is 18.5 Å². The van der Waals surface area contributed by atoms with E-state index in [9.17, 15) is 4.79 Å². The van der Waals surface area contributed by atoms with Crippen LogP contribution in [-0.2, 0) is 11.2 Å². The Morgan fingerprint density at radius 3 is 3.05 bits per heavy atom. The highest BCUT2D eigenvalue weighted by Crippen LogP contribution is 2.49. The molecule has 2 aliphatic carbocycles. The number of nitrogens with one attached hydrogen (secondary N) is 1. The number of nitrogens with zero attached hydrogens (tertiary/aromatic N) is 3. The molecule has 0 saturated heterocycles. The van der Waals surface area contributed by atoms with Crippen LogP contribution in [0, 0.1) is 12.8 Å². The molecule has 0 aromatic carbocycles. The summed E-state index contributed by atoms with van der Waals surface area (Å²) in [7, 11) is 0. The summed E-state index contributed by atoms with van der Waals surface area (Å²) in [4.78, 5) is 14.9. The Hall–Kier alpha value is -1.69. The molecule has 1 N–H and O–H groups in total. The fourth-order valence-electron chi connectivity index (χ4n) is 2.98. The fourth-order valence-corrected chi connectivity index (χ4v) is 4.04. The standard InChI is InChI=1S/C16H20N4OS/c1-10-2-5-14(22-10)12-8-13(12)16(21)17-7-6-15-19-18-9-20(15)11-3-4-11/h2,5,9,11-13H,3-4,6-8H2,1H3,(H,17,21)/t12-,13-/m0/s1. The van der Waals surface area contributed by atoms with Crippen LogP contribution in [0.4, 0.5) is 0 Å². The summed E-state index contributed by atoms with van der Waals surface area (Å²) >= 11 is 1.81. The minimum Gasteiger partial charge on any atom is -0.355 e. The number of rotatable bonds is 6. The molecule has 1 amide bonds. The lowest BCUT2D eigenvalue weighted by Gasteiger charge is -2.06. The molecule has 0 spiro atoms. The van der Waals surface area contributed by atoms with Crippen LogP contribution in [0.5, 0.6) is 0 Å².